The quantitative estimate of drug-likeness (QED) is 0.700. The predicted octanol–water partition coefficient (Wildman–Crippen LogP) is 3.71. The molecule has 0 amide bonds. The first-order valence-electron chi connectivity index (χ1n) is 3.61. The molecule has 0 spiro atoms. The van der Waals surface area contributed by atoms with E-state index in [1.165, 1.54) is 17.6 Å². The van der Waals surface area contributed by atoms with Crippen LogP contribution in [0.15, 0.2) is 22.7 Å². The van der Waals surface area contributed by atoms with Crippen molar-refractivity contribution in [3.63, 3.8) is 0 Å². The Bertz CT molecular complexity index is 474. The Kier molecular flexibility index (Phi) is 3.13. The van der Waals surface area contributed by atoms with Crippen LogP contribution in [-0.4, -0.2) is 9.36 Å². The van der Waals surface area contributed by atoms with Crippen LogP contribution in [0.2, 0.25) is 0 Å². The highest BCUT2D eigenvalue weighted by Gasteiger charge is 2.10. The minimum atomic E-state index is -0.277. The summed E-state index contributed by atoms with van der Waals surface area (Å²) in [5.41, 5.74) is 0.486. The van der Waals surface area contributed by atoms with Crippen LogP contribution in [0.25, 0.3) is 10.6 Å². The van der Waals surface area contributed by atoms with Crippen molar-refractivity contribution in [1.82, 2.24) is 9.36 Å². The Morgan fingerprint density at radius 3 is 2.86 bits per heavy atom. The number of benzene rings is 1. The third-order valence-electron chi connectivity index (χ3n) is 1.56. The van der Waals surface area contributed by atoms with Crippen molar-refractivity contribution < 1.29 is 4.39 Å². The second-order valence-electron chi connectivity index (χ2n) is 2.49. The smallest absolute Gasteiger partial charge is 0.203 e. The van der Waals surface area contributed by atoms with Crippen LogP contribution in [0.1, 0.15) is 0 Å². The van der Waals surface area contributed by atoms with Gasteiger partial charge in [0.15, 0.2) is 0 Å². The van der Waals surface area contributed by atoms with Crippen molar-refractivity contribution in [1.29, 1.82) is 0 Å². The lowest BCUT2D eigenvalue weighted by Crippen LogP contribution is -1.83. The summed E-state index contributed by atoms with van der Waals surface area (Å²) in [6, 6.07) is 4.77. The van der Waals surface area contributed by atoms with Gasteiger partial charge in [-0.15, -0.1) is 0 Å². The largest absolute Gasteiger partial charge is 0.209 e. The SMILES string of the molecule is Fc1ccc(Br)cc1-c1nc(I)ns1. The van der Waals surface area contributed by atoms with Crippen LogP contribution in [-0.2, 0) is 0 Å². The Hall–Kier alpha value is -0.0800. The van der Waals surface area contributed by atoms with E-state index in [4.69, 9.17) is 0 Å². The summed E-state index contributed by atoms with van der Waals surface area (Å²) < 4.78 is 18.9. The molecule has 0 aliphatic heterocycles. The van der Waals surface area contributed by atoms with Crippen molar-refractivity contribution in [3.8, 4) is 10.6 Å². The van der Waals surface area contributed by atoms with Crippen molar-refractivity contribution in [2.45, 2.75) is 0 Å². The van der Waals surface area contributed by atoms with E-state index >= 15 is 0 Å². The number of hydrogen-bond donors (Lipinski definition) is 0. The topological polar surface area (TPSA) is 25.8 Å². The number of halogens is 3. The molecule has 2 nitrogen and oxygen atoms in total. The van der Waals surface area contributed by atoms with Gasteiger partial charge in [-0.3, -0.25) is 0 Å². The molecule has 6 heteroatoms. The molecule has 0 bridgehead atoms. The Morgan fingerprint density at radius 1 is 1.43 bits per heavy atom. The summed E-state index contributed by atoms with van der Waals surface area (Å²) in [7, 11) is 0. The minimum absolute atomic E-state index is 0.277. The van der Waals surface area contributed by atoms with Crippen molar-refractivity contribution in [3.05, 3.63) is 32.3 Å². The zero-order chi connectivity index (χ0) is 10.1. The third-order valence-corrected chi connectivity index (χ3v) is 3.61. The van der Waals surface area contributed by atoms with Gasteiger partial charge < -0.3 is 0 Å². The maximum absolute atomic E-state index is 13.4. The highest BCUT2D eigenvalue weighted by molar-refractivity contribution is 14.1. The molecule has 0 saturated heterocycles. The van der Waals surface area contributed by atoms with Gasteiger partial charge >= 0.3 is 0 Å². The lowest BCUT2D eigenvalue weighted by atomic mass is 10.2. The van der Waals surface area contributed by atoms with Gasteiger partial charge in [-0.05, 0) is 29.7 Å². The van der Waals surface area contributed by atoms with Crippen LogP contribution in [0.3, 0.4) is 0 Å². The van der Waals surface area contributed by atoms with E-state index in [-0.39, 0.29) is 5.82 Å². The molecule has 0 unspecified atom stereocenters. The Labute approximate surface area is 106 Å². The number of aromatic nitrogens is 2. The van der Waals surface area contributed by atoms with Crippen LogP contribution < -0.4 is 0 Å². The summed E-state index contributed by atoms with van der Waals surface area (Å²) in [6.45, 7) is 0. The molecule has 2 aromatic rings. The molecule has 0 saturated carbocycles. The zero-order valence-electron chi connectivity index (χ0n) is 6.67. The van der Waals surface area contributed by atoms with Gasteiger partial charge in [0.05, 0.1) is 0 Å². The van der Waals surface area contributed by atoms with Crippen molar-refractivity contribution in [2.75, 3.05) is 0 Å². The van der Waals surface area contributed by atoms with Crippen LogP contribution in [0, 0.1) is 9.65 Å². The van der Waals surface area contributed by atoms with Gasteiger partial charge in [-0.1, -0.05) is 15.9 Å². The summed E-state index contributed by atoms with van der Waals surface area (Å²) in [5.74, 6) is -0.277. The summed E-state index contributed by atoms with van der Waals surface area (Å²) in [5, 5.41) is 0.605. The Balaban J connectivity index is 2.55. The highest BCUT2D eigenvalue weighted by Crippen LogP contribution is 2.27. The first kappa shape index (κ1) is 10.4. The molecular weight excluding hydrogens is 382 g/mol. The van der Waals surface area contributed by atoms with E-state index in [1.54, 1.807) is 12.1 Å². The molecule has 0 atom stereocenters. The van der Waals surface area contributed by atoms with Crippen LogP contribution in [0.4, 0.5) is 4.39 Å². The first-order valence-corrected chi connectivity index (χ1v) is 6.26. The predicted molar refractivity (Wildman–Crippen MR) is 65.7 cm³/mol. The first-order chi connectivity index (χ1) is 6.66. The summed E-state index contributed by atoms with van der Waals surface area (Å²) in [6.07, 6.45) is 0. The fourth-order valence-electron chi connectivity index (χ4n) is 0.976. The number of rotatable bonds is 1. The van der Waals surface area contributed by atoms with Gasteiger partial charge in [-0.25, -0.2) is 9.37 Å². The monoisotopic (exact) mass is 384 g/mol. The van der Waals surface area contributed by atoms with E-state index in [2.05, 4.69) is 25.3 Å². The maximum atomic E-state index is 13.4. The maximum Gasteiger partial charge on any atom is 0.203 e. The third kappa shape index (κ3) is 2.12. The van der Waals surface area contributed by atoms with Gasteiger partial charge in [0.25, 0.3) is 0 Å². The standard InChI is InChI=1S/C8H3BrFIN2S/c9-4-1-2-6(10)5(3-4)7-12-8(11)13-14-7/h1-3H. The lowest BCUT2D eigenvalue weighted by Gasteiger charge is -1.98. The fraction of sp³-hybridized carbons (Fsp3) is 0. The molecule has 0 radical (unpaired) electrons. The molecule has 0 fully saturated rings. The second kappa shape index (κ2) is 4.19. The van der Waals surface area contributed by atoms with E-state index in [1.807, 2.05) is 22.6 Å². The van der Waals surface area contributed by atoms with Crippen molar-refractivity contribution >= 4 is 50.1 Å². The van der Waals surface area contributed by atoms with Gasteiger partial charge in [0.1, 0.15) is 10.8 Å². The summed E-state index contributed by atoms with van der Waals surface area (Å²) in [4.78, 5) is 4.12. The second-order valence-corrected chi connectivity index (χ2v) is 5.13. The molecule has 1 aromatic carbocycles. The van der Waals surface area contributed by atoms with E-state index < -0.39 is 0 Å². The lowest BCUT2D eigenvalue weighted by molar-refractivity contribution is 0.631. The van der Waals surface area contributed by atoms with Gasteiger partial charge in [-0.2, -0.15) is 4.37 Å². The minimum Gasteiger partial charge on any atom is -0.209 e. The van der Waals surface area contributed by atoms with Crippen molar-refractivity contribution in [2.24, 2.45) is 0 Å². The summed E-state index contributed by atoms with van der Waals surface area (Å²) >= 11 is 6.49. The van der Waals surface area contributed by atoms with Crippen LogP contribution >= 0.6 is 50.1 Å². The average molecular weight is 385 g/mol. The zero-order valence-corrected chi connectivity index (χ0v) is 11.2. The van der Waals surface area contributed by atoms with Gasteiger partial charge in [0.2, 0.25) is 3.83 Å². The highest BCUT2D eigenvalue weighted by atomic mass is 127. The van der Waals surface area contributed by atoms with Gasteiger partial charge in [0, 0.05) is 32.6 Å². The fourth-order valence-corrected chi connectivity index (χ4v) is 2.62. The molecular formula is C8H3BrFIN2S. The number of hydrogen-bond acceptors (Lipinski definition) is 3. The normalized spacial score (nSPS) is 10.5. The van der Waals surface area contributed by atoms with E-state index in [0.717, 1.165) is 4.47 Å². The molecule has 2 rings (SSSR count). The molecule has 1 heterocycles. The average Bonchev–Trinajstić information content (AvgIpc) is 2.56. The molecule has 0 N–H and O–H groups in total. The molecule has 14 heavy (non-hydrogen) atoms. The molecule has 0 aliphatic rings. The number of nitrogens with zero attached hydrogens (tertiary/aromatic N) is 2. The van der Waals surface area contributed by atoms with E-state index in [0.29, 0.717) is 14.4 Å². The van der Waals surface area contributed by atoms with E-state index in [9.17, 15) is 4.39 Å². The molecule has 0 aliphatic carbocycles. The Morgan fingerprint density at radius 2 is 2.21 bits per heavy atom. The van der Waals surface area contributed by atoms with Crippen LogP contribution in [0.5, 0.6) is 0 Å². The molecule has 1 aromatic heterocycles. The molecule has 72 valence electrons.